The average Bonchev–Trinajstić information content (AvgIpc) is 2.01. The molecule has 0 aromatic rings. The van der Waals surface area contributed by atoms with Crippen LogP contribution in [-0.4, -0.2) is 40.5 Å². The van der Waals surface area contributed by atoms with E-state index < -0.39 is 11.5 Å². The molecular formula is C9H18N2O3. The molecule has 14 heavy (non-hydrogen) atoms. The monoisotopic (exact) mass is 202 g/mol. The second-order valence-electron chi connectivity index (χ2n) is 4.00. The Balaban J connectivity index is 4.53. The second-order valence-corrected chi connectivity index (χ2v) is 4.00. The van der Waals surface area contributed by atoms with Crippen LogP contribution in [0.15, 0.2) is 0 Å². The van der Waals surface area contributed by atoms with E-state index in [1.54, 1.807) is 6.92 Å². The van der Waals surface area contributed by atoms with Gasteiger partial charge in [0.2, 0.25) is 5.91 Å². The van der Waals surface area contributed by atoms with E-state index in [1.807, 2.05) is 0 Å². The molecule has 0 aliphatic heterocycles. The lowest BCUT2D eigenvalue weighted by Crippen LogP contribution is -2.51. The Hall–Kier alpha value is -1.10. The Morgan fingerprint density at radius 1 is 1.50 bits per heavy atom. The van der Waals surface area contributed by atoms with E-state index in [1.165, 1.54) is 25.8 Å². The third-order valence-electron chi connectivity index (χ3n) is 2.23. The van der Waals surface area contributed by atoms with E-state index in [2.05, 4.69) is 0 Å². The summed E-state index contributed by atoms with van der Waals surface area (Å²) in [5.41, 5.74) is 4.27. The van der Waals surface area contributed by atoms with Gasteiger partial charge >= 0.3 is 5.97 Å². The predicted molar refractivity (Wildman–Crippen MR) is 52.8 cm³/mol. The first kappa shape index (κ1) is 12.9. The highest BCUT2D eigenvalue weighted by Gasteiger charge is 2.34. The van der Waals surface area contributed by atoms with Gasteiger partial charge in [-0.05, 0) is 20.8 Å². The Morgan fingerprint density at radius 3 is 2.21 bits per heavy atom. The summed E-state index contributed by atoms with van der Waals surface area (Å²) in [6.45, 7) is 4.67. The molecule has 0 spiro atoms. The Kier molecular flexibility index (Phi) is 4.07. The molecule has 1 atom stereocenters. The topological polar surface area (TPSA) is 83.6 Å². The maximum absolute atomic E-state index is 11.5. The zero-order valence-corrected chi connectivity index (χ0v) is 9.07. The van der Waals surface area contributed by atoms with Crippen LogP contribution in [0.3, 0.4) is 0 Å². The van der Waals surface area contributed by atoms with E-state index >= 15 is 0 Å². The molecule has 0 heterocycles. The summed E-state index contributed by atoms with van der Waals surface area (Å²) in [5, 5.41) is 8.87. The molecule has 0 aliphatic rings. The Labute approximate surface area is 83.9 Å². The summed E-state index contributed by atoms with van der Waals surface area (Å²) in [7, 11) is 1.47. The van der Waals surface area contributed by atoms with Crippen LogP contribution in [0.2, 0.25) is 0 Å². The lowest BCUT2D eigenvalue weighted by molar-refractivity contribution is -0.155. The van der Waals surface area contributed by atoms with Crippen molar-refractivity contribution in [3.8, 4) is 0 Å². The fourth-order valence-corrected chi connectivity index (χ4v) is 0.868. The zero-order chi connectivity index (χ0) is 11.5. The molecule has 0 bridgehead atoms. The van der Waals surface area contributed by atoms with Gasteiger partial charge in [-0.2, -0.15) is 0 Å². The summed E-state index contributed by atoms with van der Waals surface area (Å²) >= 11 is 0. The minimum atomic E-state index is -1.19. The number of hydrogen-bond donors (Lipinski definition) is 2. The van der Waals surface area contributed by atoms with Gasteiger partial charge < -0.3 is 15.7 Å². The number of likely N-dealkylation sites (N-methyl/N-ethyl adjacent to an activating group) is 1. The van der Waals surface area contributed by atoms with Gasteiger partial charge in [0.25, 0.3) is 0 Å². The maximum atomic E-state index is 11.5. The van der Waals surface area contributed by atoms with Gasteiger partial charge in [0.15, 0.2) is 0 Å². The highest BCUT2D eigenvalue weighted by atomic mass is 16.4. The van der Waals surface area contributed by atoms with Crippen molar-refractivity contribution in [3.63, 3.8) is 0 Å². The average molecular weight is 202 g/mol. The van der Waals surface area contributed by atoms with Crippen LogP contribution in [0.5, 0.6) is 0 Å². The molecule has 0 saturated carbocycles. The van der Waals surface area contributed by atoms with Crippen LogP contribution in [-0.2, 0) is 9.59 Å². The predicted octanol–water partition coefficient (Wildman–Crippen LogP) is 0.0453. The number of hydrogen-bond acceptors (Lipinski definition) is 3. The standard InChI is InChI=1S/C9H18N2O3/c1-6(10)5-7(12)11(4)9(2,3)8(13)14/h6H,5,10H2,1-4H3,(H,13,14). The Morgan fingerprint density at radius 2 is 1.93 bits per heavy atom. The molecule has 5 heteroatoms. The van der Waals surface area contributed by atoms with Crippen LogP contribution in [0.1, 0.15) is 27.2 Å². The highest BCUT2D eigenvalue weighted by Crippen LogP contribution is 2.13. The van der Waals surface area contributed by atoms with Gasteiger partial charge in [-0.1, -0.05) is 0 Å². The van der Waals surface area contributed by atoms with Gasteiger partial charge in [-0.3, -0.25) is 4.79 Å². The van der Waals surface area contributed by atoms with Crippen molar-refractivity contribution in [2.24, 2.45) is 5.73 Å². The number of rotatable bonds is 4. The molecule has 1 unspecified atom stereocenters. The number of carboxylic acids is 1. The second kappa shape index (κ2) is 4.41. The molecule has 0 radical (unpaired) electrons. The first-order chi connectivity index (χ1) is 6.19. The molecule has 0 saturated heterocycles. The van der Waals surface area contributed by atoms with Crippen molar-refractivity contribution in [1.29, 1.82) is 0 Å². The molecule has 0 fully saturated rings. The summed E-state index contributed by atoms with van der Waals surface area (Å²) in [4.78, 5) is 23.5. The third-order valence-corrected chi connectivity index (χ3v) is 2.23. The highest BCUT2D eigenvalue weighted by molar-refractivity contribution is 5.86. The zero-order valence-electron chi connectivity index (χ0n) is 9.07. The molecule has 3 N–H and O–H groups in total. The van der Waals surface area contributed by atoms with E-state index in [0.29, 0.717) is 0 Å². The fraction of sp³-hybridized carbons (Fsp3) is 0.778. The first-order valence-corrected chi connectivity index (χ1v) is 4.45. The van der Waals surface area contributed by atoms with Gasteiger partial charge in [0.1, 0.15) is 5.54 Å². The molecular weight excluding hydrogens is 184 g/mol. The number of nitrogens with zero attached hydrogens (tertiary/aromatic N) is 1. The fourth-order valence-electron chi connectivity index (χ4n) is 0.868. The van der Waals surface area contributed by atoms with Crippen molar-refractivity contribution in [3.05, 3.63) is 0 Å². The van der Waals surface area contributed by atoms with Gasteiger partial charge in [0, 0.05) is 19.5 Å². The van der Waals surface area contributed by atoms with Crippen LogP contribution in [0, 0.1) is 0 Å². The van der Waals surface area contributed by atoms with Gasteiger partial charge in [-0.15, -0.1) is 0 Å². The number of carbonyl (C=O) groups excluding carboxylic acids is 1. The maximum Gasteiger partial charge on any atom is 0.329 e. The quantitative estimate of drug-likeness (QED) is 0.674. The first-order valence-electron chi connectivity index (χ1n) is 4.45. The number of carboxylic acid groups (broad SMARTS) is 1. The van der Waals surface area contributed by atoms with Crippen LogP contribution >= 0.6 is 0 Å². The minimum Gasteiger partial charge on any atom is -0.480 e. The molecule has 5 nitrogen and oxygen atoms in total. The molecule has 0 rings (SSSR count). The van der Waals surface area contributed by atoms with E-state index in [0.717, 1.165) is 0 Å². The molecule has 0 aromatic heterocycles. The summed E-state index contributed by atoms with van der Waals surface area (Å²) < 4.78 is 0. The largest absolute Gasteiger partial charge is 0.480 e. The molecule has 0 aromatic carbocycles. The summed E-state index contributed by atoms with van der Waals surface area (Å²) in [6.07, 6.45) is 0.160. The number of carbonyl (C=O) groups is 2. The Bertz CT molecular complexity index is 236. The van der Waals surface area contributed by atoms with Gasteiger partial charge in [-0.25, -0.2) is 4.79 Å². The lowest BCUT2D eigenvalue weighted by atomic mass is 10.0. The minimum absolute atomic E-state index is 0.160. The van der Waals surface area contributed by atoms with Crippen LogP contribution < -0.4 is 5.73 Å². The smallest absolute Gasteiger partial charge is 0.329 e. The normalized spacial score (nSPS) is 13.5. The van der Waals surface area contributed by atoms with E-state index in [-0.39, 0.29) is 18.4 Å². The van der Waals surface area contributed by atoms with E-state index in [9.17, 15) is 9.59 Å². The number of amides is 1. The van der Waals surface area contributed by atoms with Crippen molar-refractivity contribution < 1.29 is 14.7 Å². The van der Waals surface area contributed by atoms with E-state index in [4.69, 9.17) is 10.8 Å². The number of aliphatic carboxylic acids is 1. The van der Waals surface area contributed by atoms with Crippen LogP contribution in [0.25, 0.3) is 0 Å². The lowest BCUT2D eigenvalue weighted by Gasteiger charge is -2.32. The number of nitrogens with two attached hydrogens (primary N) is 1. The summed E-state index contributed by atoms with van der Waals surface area (Å²) in [6, 6.07) is -0.255. The van der Waals surface area contributed by atoms with Crippen molar-refractivity contribution >= 4 is 11.9 Å². The third kappa shape index (κ3) is 2.99. The SMILES string of the molecule is CC(N)CC(=O)N(C)C(C)(C)C(=O)O. The summed E-state index contributed by atoms with van der Waals surface area (Å²) in [5.74, 6) is -1.29. The molecule has 0 aliphatic carbocycles. The van der Waals surface area contributed by atoms with Crippen molar-refractivity contribution in [2.45, 2.75) is 38.8 Å². The van der Waals surface area contributed by atoms with Crippen molar-refractivity contribution in [1.82, 2.24) is 4.90 Å². The van der Waals surface area contributed by atoms with Gasteiger partial charge in [0.05, 0.1) is 0 Å². The van der Waals surface area contributed by atoms with Crippen molar-refractivity contribution in [2.75, 3.05) is 7.05 Å². The van der Waals surface area contributed by atoms with Crippen LogP contribution in [0.4, 0.5) is 0 Å². The molecule has 1 amide bonds. The molecule has 82 valence electrons.